The number of alkyl halides is 3. The summed E-state index contributed by atoms with van der Waals surface area (Å²) in [6.45, 7) is 1.24. The zero-order valence-corrected chi connectivity index (χ0v) is 12.6. The summed E-state index contributed by atoms with van der Waals surface area (Å²) in [5.74, 6) is 0.531. The third-order valence-electron chi connectivity index (χ3n) is 3.59. The fraction of sp³-hybridized carbons (Fsp3) is 0.692. The van der Waals surface area contributed by atoms with Gasteiger partial charge in [-0.05, 0) is 12.8 Å². The number of aliphatic imine (C=N–C) groups is 1. The first kappa shape index (κ1) is 16.6. The molecule has 22 heavy (non-hydrogen) atoms. The molecule has 0 unspecified atom stereocenters. The van der Waals surface area contributed by atoms with Gasteiger partial charge in [-0.15, -0.1) is 0 Å². The number of likely N-dealkylation sites (tertiary alicyclic amines) is 1. The van der Waals surface area contributed by atoms with E-state index in [1.165, 1.54) is 13.2 Å². The van der Waals surface area contributed by atoms with Crippen molar-refractivity contribution in [3.05, 3.63) is 17.5 Å². The van der Waals surface area contributed by atoms with Crippen LogP contribution in [0.1, 0.15) is 24.1 Å². The van der Waals surface area contributed by atoms with Crippen LogP contribution in [-0.2, 0) is 19.8 Å². The number of rotatable bonds is 2. The first-order valence-corrected chi connectivity index (χ1v) is 7.04. The fourth-order valence-electron chi connectivity index (χ4n) is 2.49. The third kappa shape index (κ3) is 3.90. The van der Waals surface area contributed by atoms with Crippen molar-refractivity contribution in [3.8, 4) is 0 Å². The number of aliphatic hydroxyl groups excluding tert-OH is 1. The van der Waals surface area contributed by atoms with Crippen LogP contribution in [0.25, 0.3) is 0 Å². The zero-order chi connectivity index (χ0) is 16.3. The van der Waals surface area contributed by atoms with Crippen molar-refractivity contribution in [2.24, 2.45) is 12.0 Å². The number of aryl methyl sites for hydroxylation is 1. The number of nitrogens with one attached hydrogen (secondary N) is 1. The second-order valence-electron chi connectivity index (χ2n) is 5.29. The maximum atomic E-state index is 12.9. The molecule has 6 nitrogen and oxygen atoms in total. The van der Waals surface area contributed by atoms with Crippen molar-refractivity contribution in [1.29, 1.82) is 0 Å². The molecule has 0 amide bonds. The lowest BCUT2D eigenvalue weighted by molar-refractivity contribution is -0.142. The first-order valence-electron chi connectivity index (χ1n) is 7.04. The third-order valence-corrected chi connectivity index (χ3v) is 3.59. The first-order chi connectivity index (χ1) is 10.3. The van der Waals surface area contributed by atoms with Gasteiger partial charge in [-0.2, -0.15) is 18.3 Å². The lowest BCUT2D eigenvalue weighted by Gasteiger charge is -2.32. The van der Waals surface area contributed by atoms with Gasteiger partial charge in [0.1, 0.15) is 0 Å². The van der Waals surface area contributed by atoms with Gasteiger partial charge < -0.3 is 15.3 Å². The molecule has 2 heterocycles. The van der Waals surface area contributed by atoms with E-state index < -0.39 is 11.9 Å². The molecule has 124 valence electrons. The molecule has 0 radical (unpaired) electrons. The van der Waals surface area contributed by atoms with Gasteiger partial charge in [0, 0.05) is 45.5 Å². The van der Waals surface area contributed by atoms with Crippen molar-refractivity contribution >= 4 is 5.96 Å². The summed E-state index contributed by atoms with van der Waals surface area (Å²) < 4.78 is 39.8. The minimum atomic E-state index is -4.48. The molecule has 0 aromatic carbocycles. The summed E-state index contributed by atoms with van der Waals surface area (Å²) in [6, 6.07) is 0. The number of guanidine groups is 1. The Hall–Kier alpha value is -1.77. The zero-order valence-electron chi connectivity index (χ0n) is 12.6. The largest absolute Gasteiger partial charge is 0.435 e. The lowest BCUT2D eigenvalue weighted by Crippen LogP contribution is -2.46. The van der Waals surface area contributed by atoms with Crippen LogP contribution in [0.15, 0.2) is 11.2 Å². The molecule has 1 saturated heterocycles. The van der Waals surface area contributed by atoms with Crippen molar-refractivity contribution in [2.75, 3.05) is 20.1 Å². The molecular formula is C13H20F3N5O. The summed E-state index contributed by atoms with van der Waals surface area (Å²) in [4.78, 5) is 6.02. The molecule has 1 aliphatic heterocycles. The van der Waals surface area contributed by atoms with Crippen LogP contribution >= 0.6 is 0 Å². The molecule has 0 aliphatic carbocycles. The van der Waals surface area contributed by atoms with Gasteiger partial charge >= 0.3 is 6.18 Å². The van der Waals surface area contributed by atoms with E-state index in [2.05, 4.69) is 15.4 Å². The van der Waals surface area contributed by atoms with Crippen LogP contribution in [-0.4, -0.2) is 52.0 Å². The number of hydrogen-bond acceptors (Lipinski definition) is 3. The SMILES string of the molecule is CN=C(NCc1cn(C)nc1C(F)(F)F)N1CCC(O)CC1. The van der Waals surface area contributed by atoms with E-state index in [-0.39, 0.29) is 18.2 Å². The Kier molecular flexibility index (Phi) is 4.94. The quantitative estimate of drug-likeness (QED) is 0.630. The van der Waals surface area contributed by atoms with Gasteiger partial charge in [-0.3, -0.25) is 9.67 Å². The monoisotopic (exact) mass is 319 g/mol. The molecular weight excluding hydrogens is 299 g/mol. The molecule has 0 saturated carbocycles. The molecule has 9 heteroatoms. The van der Waals surface area contributed by atoms with E-state index in [0.717, 1.165) is 4.68 Å². The van der Waals surface area contributed by atoms with E-state index in [4.69, 9.17) is 0 Å². The van der Waals surface area contributed by atoms with Crippen LogP contribution in [0.4, 0.5) is 13.2 Å². The molecule has 1 aromatic heterocycles. The van der Waals surface area contributed by atoms with Crippen LogP contribution in [0, 0.1) is 0 Å². The number of aromatic nitrogens is 2. The fourth-order valence-corrected chi connectivity index (χ4v) is 2.49. The van der Waals surface area contributed by atoms with E-state index in [9.17, 15) is 18.3 Å². The normalized spacial score (nSPS) is 17.9. The average molecular weight is 319 g/mol. The lowest BCUT2D eigenvalue weighted by atomic mass is 10.1. The Balaban J connectivity index is 2.03. The number of halogens is 3. The molecule has 0 bridgehead atoms. The molecule has 0 spiro atoms. The van der Waals surface area contributed by atoms with Crippen molar-refractivity contribution in [3.63, 3.8) is 0 Å². The number of piperidine rings is 1. The molecule has 1 fully saturated rings. The Bertz CT molecular complexity index is 532. The topological polar surface area (TPSA) is 65.7 Å². The predicted molar refractivity (Wildman–Crippen MR) is 75.2 cm³/mol. The molecule has 2 rings (SSSR count). The van der Waals surface area contributed by atoms with Crippen molar-refractivity contribution in [2.45, 2.75) is 31.7 Å². The van der Waals surface area contributed by atoms with Crippen LogP contribution < -0.4 is 5.32 Å². The molecule has 1 aliphatic rings. The molecule has 0 atom stereocenters. The van der Waals surface area contributed by atoms with Gasteiger partial charge in [0.25, 0.3) is 0 Å². The smallest absolute Gasteiger partial charge is 0.393 e. The van der Waals surface area contributed by atoms with Crippen molar-refractivity contribution in [1.82, 2.24) is 20.0 Å². The number of aliphatic hydroxyl groups is 1. The van der Waals surface area contributed by atoms with Gasteiger partial charge in [0.2, 0.25) is 0 Å². The number of nitrogens with zero attached hydrogens (tertiary/aromatic N) is 4. The standard InChI is InChI=1S/C13H20F3N5O/c1-17-12(21-5-3-10(22)4-6-21)18-7-9-8-20(2)19-11(9)13(14,15)16/h8,10,22H,3-7H2,1-2H3,(H,17,18). The second kappa shape index (κ2) is 6.55. The Morgan fingerprint density at radius 3 is 2.64 bits per heavy atom. The highest BCUT2D eigenvalue weighted by molar-refractivity contribution is 5.80. The van der Waals surface area contributed by atoms with E-state index in [1.54, 1.807) is 7.05 Å². The number of hydrogen-bond donors (Lipinski definition) is 2. The van der Waals surface area contributed by atoms with Crippen LogP contribution in [0.2, 0.25) is 0 Å². The van der Waals surface area contributed by atoms with Crippen LogP contribution in [0.5, 0.6) is 0 Å². The van der Waals surface area contributed by atoms with E-state index >= 15 is 0 Å². The maximum absolute atomic E-state index is 12.9. The Morgan fingerprint density at radius 1 is 1.45 bits per heavy atom. The highest BCUT2D eigenvalue weighted by Crippen LogP contribution is 2.30. The van der Waals surface area contributed by atoms with Gasteiger partial charge in [0.15, 0.2) is 11.7 Å². The minimum absolute atomic E-state index is 0.00555. The summed E-state index contributed by atoms with van der Waals surface area (Å²) >= 11 is 0. The predicted octanol–water partition coefficient (Wildman–Crippen LogP) is 0.971. The second-order valence-corrected chi connectivity index (χ2v) is 5.29. The van der Waals surface area contributed by atoms with E-state index in [0.29, 0.717) is 31.9 Å². The minimum Gasteiger partial charge on any atom is -0.393 e. The summed E-state index contributed by atoms with van der Waals surface area (Å²) in [5.41, 5.74) is -0.805. The van der Waals surface area contributed by atoms with Crippen LogP contribution in [0.3, 0.4) is 0 Å². The summed E-state index contributed by atoms with van der Waals surface area (Å²) in [6.07, 6.45) is -2.19. The summed E-state index contributed by atoms with van der Waals surface area (Å²) in [7, 11) is 3.04. The summed E-state index contributed by atoms with van der Waals surface area (Å²) in [5, 5.41) is 15.9. The van der Waals surface area contributed by atoms with Gasteiger partial charge in [-0.1, -0.05) is 0 Å². The Labute approximate surface area is 126 Å². The van der Waals surface area contributed by atoms with Crippen molar-refractivity contribution < 1.29 is 18.3 Å². The average Bonchev–Trinajstić information content (AvgIpc) is 2.82. The molecule has 2 N–H and O–H groups in total. The van der Waals surface area contributed by atoms with Gasteiger partial charge in [0.05, 0.1) is 6.10 Å². The highest BCUT2D eigenvalue weighted by atomic mass is 19.4. The highest BCUT2D eigenvalue weighted by Gasteiger charge is 2.36. The maximum Gasteiger partial charge on any atom is 0.435 e. The van der Waals surface area contributed by atoms with Gasteiger partial charge in [-0.25, -0.2) is 0 Å². The molecule has 1 aromatic rings. The van der Waals surface area contributed by atoms with E-state index in [1.807, 2.05) is 4.90 Å². The Morgan fingerprint density at radius 2 is 2.09 bits per heavy atom.